The maximum Gasteiger partial charge on any atom is 0.303 e. The minimum absolute atomic E-state index is 0. The third-order valence-electron chi connectivity index (χ3n) is 3.50. The van der Waals surface area contributed by atoms with Crippen molar-refractivity contribution < 1.29 is 43.3 Å². The standard InChI is InChI=1S/C10H14O4.C9H12O5.CH4/c1-7(12)4-5-10(14-6-11)8(2)9(3)13;1-6(11)8(3-4-9(12)13)7(2)14-5-10;/h6H,4-5H2,1-3H3;5H,3-4H2,1-2H3,(H,12,13);1H4. The lowest BCUT2D eigenvalue weighted by Gasteiger charge is -2.06. The molecule has 29 heavy (non-hydrogen) atoms. The van der Waals surface area contributed by atoms with Crippen molar-refractivity contribution in [2.45, 2.75) is 67.7 Å². The van der Waals surface area contributed by atoms with E-state index >= 15 is 0 Å². The van der Waals surface area contributed by atoms with Gasteiger partial charge in [-0.15, -0.1) is 0 Å². The monoisotopic (exact) mass is 414 g/mol. The molecule has 0 amide bonds. The highest BCUT2D eigenvalue weighted by Crippen LogP contribution is 2.13. The Morgan fingerprint density at radius 3 is 1.62 bits per heavy atom. The first kappa shape index (κ1) is 30.6. The molecular formula is C20H30O9. The number of rotatable bonds is 12. The van der Waals surface area contributed by atoms with Crippen molar-refractivity contribution in [2.24, 2.45) is 0 Å². The molecule has 0 atom stereocenters. The molecule has 0 aromatic heterocycles. The van der Waals surface area contributed by atoms with Crippen LogP contribution in [-0.2, 0) is 38.2 Å². The van der Waals surface area contributed by atoms with E-state index in [4.69, 9.17) is 5.11 Å². The van der Waals surface area contributed by atoms with E-state index in [1.165, 1.54) is 27.7 Å². The Bertz CT molecular complexity index is 669. The number of ether oxygens (including phenoxy) is 2. The third kappa shape index (κ3) is 15.6. The minimum atomic E-state index is -0.998. The predicted molar refractivity (Wildman–Crippen MR) is 105 cm³/mol. The lowest BCUT2D eigenvalue weighted by molar-refractivity contribution is -0.137. The van der Waals surface area contributed by atoms with E-state index in [0.29, 0.717) is 12.0 Å². The minimum Gasteiger partial charge on any atom is -0.481 e. The molecule has 0 radical (unpaired) electrons. The second kappa shape index (κ2) is 17.0. The first-order valence-electron chi connectivity index (χ1n) is 8.31. The molecule has 1 N–H and O–H groups in total. The Kier molecular flexibility index (Phi) is 18.0. The summed E-state index contributed by atoms with van der Waals surface area (Å²) in [6.07, 6.45) is 0.478. The third-order valence-corrected chi connectivity index (χ3v) is 3.50. The van der Waals surface area contributed by atoms with Gasteiger partial charge < -0.3 is 19.4 Å². The molecule has 0 heterocycles. The highest BCUT2D eigenvalue weighted by atomic mass is 16.5. The topological polar surface area (TPSA) is 141 Å². The molecular weight excluding hydrogens is 384 g/mol. The van der Waals surface area contributed by atoms with Gasteiger partial charge in [-0.2, -0.15) is 0 Å². The zero-order valence-corrected chi connectivity index (χ0v) is 16.7. The van der Waals surface area contributed by atoms with E-state index < -0.39 is 5.97 Å². The lowest BCUT2D eigenvalue weighted by atomic mass is 10.1. The second-order valence-corrected chi connectivity index (χ2v) is 5.72. The van der Waals surface area contributed by atoms with E-state index in [1.54, 1.807) is 6.92 Å². The summed E-state index contributed by atoms with van der Waals surface area (Å²) in [7, 11) is 0. The van der Waals surface area contributed by atoms with Gasteiger partial charge in [0.05, 0.1) is 0 Å². The SMILES string of the molecule is C.CC(=O)C(CCC(=O)O)=C(C)OC=O.CC(=O)CCC(OC=O)=C(C)C(C)=O. The molecule has 0 saturated heterocycles. The van der Waals surface area contributed by atoms with Crippen LogP contribution in [0.1, 0.15) is 67.7 Å². The Hall–Kier alpha value is -3.10. The van der Waals surface area contributed by atoms with Crippen molar-refractivity contribution in [3.63, 3.8) is 0 Å². The van der Waals surface area contributed by atoms with Crippen LogP contribution < -0.4 is 0 Å². The summed E-state index contributed by atoms with van der Waals surface area (Å²) < 4.78 is 9.12. The molecule has 0 spiro atoms. The molecule has 0 aliphatic carbocycles. The van der Waals surface area contributed by atoms with Gasteiger partial charge in [0.2, 0.25) is 0 Å². The van der Waals surface area contributed by atoms with Crippen molar-refractivity contribution in [1.29, 1.82) is 0 Å². The number of ketones is 3. The van der Waals surface area contributed by atoms with Gasteiger partial charge in [-0.25, -0.2) is 0 Å². The number of carbonyl (C=O) groups is 6. The molecule has 0 aromatic carbocycles. The van der Waals surface area contributed by atoms with Crippen molar-refractivity contribution in [3.05, 3.63) is 22.7 Å². The number of hydrogen-bond donors (Lipinski definition) is 1. The van der Waals surface area contributed by atoms with E-state index in [1.807, 2.05) is 0 Å². The second-order valence-electron chi connectivity index (χ2n) is 5.72. The first-order valence-corrected chi connectivity index (χ1v) is 8.31. The summed E-state index contributed by atoms with van der Waals surface area (Å²) in [5.41, 5.74) is 0.623. The van der Waals surface area contributed by atoms with Crippen LogP contribution in [0.25, 0.3) is 0 Å². The van der Waals surface area contributed by atoms with Crippen molar-refractivity contribution >= 4 is 36.3 Å². The molecule has 0 aromatic rings. The van der Waals surface area contributed by atoms with E-state index in [9.17, 15) is 28.8 Å². The maximum absolute atomic E-state index is 11.0. The molecule has 0 unspecified atom stereocenters. The summed E-state index contributed by atoms with van der Waals surface area (Å²) in [5.74, 6) is -1.01. The molecule has 164 valence electrons. The van der Waals surface area contributed by atoms with E-state index in [0.717, 1.165) is 0 Å². The number of Topliss-reactive ketones (excluding diaryl/α,β-unsaturated/α-hetero) is 3. The van der Waals surface area contributed by atoms with Gasteiger partial charge in [0.15, 0.2) is 11.6 Å². The fourth-order valence-corrected chi connectivity index (χ4v) is 1.85. The van der Waals surface area contributed by atoms with Crippen LogP contribution >= 0.6 is 0 Å². The Balaban J connectivity index is -0.000000451. The van der Waals surface area contributed by atoms with Gasteiger partial charge in [0.1, 0.15) is 17.3 Å². The van der Waals surface area contributed by atoms with E-state index in [-0.39, 0.29) is 74.1 Å². The summed E-state index contributed by atoms with van der Waals surface area (Å²) in [5, 5.41) is 8.41. The summed E-state index contributed by atoms with van der Waals surface area (Å²) in [6.45, 7) is 7.63. The lowest BCUT2D eigenvalue weighted by Crippen LogP contribution is -2.05. The number of carbonyl (C=O) groups excluding carboxylic acids is 5. The average Bonchev–Trinajstić information content (AvgIpc) is 2.58. The molecule has 0 aliphatic rings. The zero-order valence-electron chi connectivity index (χ0n) is 16.7. The van der Waals surface area contributed by atoms with E-state index in [2.05, 4.69) is 9.47 Å². The number of carboxylic acid groups (broad SMARTS) is 1. The molecule has 0 rings (SSSR count). The first-order chi connectivity index (χ1) is 13.0. The fraction of sp³-hybridized carbons (Fsp3) is 0.500. The van der Waals surface area contributed by atoms with Crippen LogP contribution in [-0.4, -0.2) is 41.4 Å². The van der Waals surface area contributed by atoms with Gasteiger partial charge in [-0.05, 0) is 41.0 Å². The molecule has 0 bridgehead atoms. The summed E-state index contributed by atoms with van der Waals surface area (Å²) in [4.78, 5) is 63.1. The molecule has 0 fully saturated rings. The van der Waals surface area contributed by atoms with Crippen molar-refractivity contribution in [1.82, 2.24) is 0 Å². The number of hydrogen-bond acceptors (Lipinski definition) is 8. The molecule has 0 saturated carbocycles. The van der Waals surface area contributed by atoms with Gasteiger partial charge in [0.25, 0.3) is 12.9 Å². The van der Waals surface area contributed by atoms with Gasteiger partial charge in [0, 0.05) is 30.4 Å². The van der Waals surface area contributed by atoms with Gasteiger partial charge in [-0.1, -0.05) is 7.43 Å². The highest BCUT2D eigenvalue weighted by molar-refractivity contribution is 5.94. The quantitative estimate of drug-likeness (QED) is 0.290. The van der Waals surface area contributed by atoms with Crippen molar-refractivity contribution in [3.8, 4) is 0 Å². The van der Waals surface area contributed by atoms with Crippen LogP contribution in [0, 0.1) is 0 Å². The molecule has 9 heteroatoms. The Morgan fingerprint density at radius 2 is 1.28 bits per heavy atom. The largest absolute Gasteiger partial charge is 0.481 e. The average molecular weight is 414 g/mol. The Labute approximate surface area is 170 Å². The van der Waals surface area contributed by atoms with Crippen LogP contribution in [0.3, 0.4) is 0 Å². The van der Waals surface area contributed by atoms with Crippen molar-refractivity contribution in [2.75, 3.05) is 0 Å². The number of allylic oxidation sites excluding steroid dienone is 4. The number of aliphatic carboxylic acids is 1. The van der Waals surface area contributed by atoms with Crippen LogP contribution in [0.2, 0.25) is 0 Å². The maximum atomic E-state index is 11.0. The van der Waals surface area contributed by atoms with Crippen LogP contribution in [0.4, 0.5) is 0 Å². The van der Waals surface area contributed by atoms with Gasteiger partial charge >= 0.3 is 5.97 Å². The smallest absolute Gasteiger partial charge is 0.303 e. The zero-order chi connectivity index (χ0) is 22.3. The van der Waals surface area contributed by atoms with Gasteiger partial charge in [-0.3, -0.25) is 24.0 Å². The normalized spacial score (nSPS) is 11.2. The highest BCUT2D eigenvalue weighted by Gasteiger charge is 2.11. The number of carboxylic acids is 1. The predicted octanol–water partition coefficient (Wildman–Crippen LogP) is 2.91. The van der Waals surface area contributed by atoms with Crippen LogP contribution in [0.5, 0.6) is 0 Å². The fourth-order valence-electron chi connectivity index (χ4n) is 1.85. The molecule has 9 nitrogen and oxygen atoms in total. The molecule has 0 aliphatic heterocycles. The van der Waals surface area contributed by atoms with Crippen LogP contribution in [0.15, 0.2) is 22.7 Å². The summed E-state index contributed by atoms with van der Waals surface area (Å²) in [6, 6.07) is 0. The Morgan fingerprint density at radius 1 is 0.759 bits per heavy atom. The summed E-state index contributed by atoms with van der Waals surface area (Å²) >= 11 is 0.